The molecule has 0 aliphatic rings. The fourth-order valence-electron chi connectivity index (χ4n) is 1.99. The summed E-state index contributed by atoms with van der Waals surface area (Å²) in [4.78, 5) is 21.9. The lowest BCUT2D eigenvalue weighted by atomic mass is 10.1. The molecule has 94 valence electrons. The van der Waals surface area contributed by atoms with Crippen LogP contribution in [-0.4, -0.2) is 26.0 Å². The van der Waals surface area contributed by atoms with Crippen molar-refractivity contribution in [2.24, 2.45) is 0 Å². The monoisotopic (exact) mass is 257 g/mol. The Morgan fingerprint density at radius 1 is 1.26 bits per heavy atom. The molecule has 2 N–H and O–H groups in total. The van der Waals surface area contributed by atoms with Crippen LogP contribution >= 0.6 is 0 Å². The van der Waals surface area contributed by atoms with E-state index in [0.29, 0.717) is 11.0 Å². The van der Waals surface area contributed by atoms with Crippen molar-refractivity contribution in [3.63, 3.8) is 0 Å². The van der Waals surface area contributed by atoms with Crippen LogP contribution in [0.2, 0.25) is 0 Å². The highest BCUT2D eigenvalue weighted by Gasteiger charge is 2.18. The molecule has 3 rings (SSSR count). The lowest BCUT2D eigenvalue weighted by molar-refractivity contribution is 0.0699. The molecule has 0 amide bonds. The first-order valence-corrected chi connectivity index (χ1v) is 5.49. The minimum atomic E-state index is -1.11. The maximum atomic E-state index is 13.8. The second-order valence-electron chi connectivity index (χ2n) is 3.93. The summed E-state index contributed by atoms with van der Waals surface area (Å²) in [5, 5.41) is 9.45. The van der Waals surface area contributed by atoms with Gasteiger partial charge in [-0.1, -0.05) is 12.1 Å². The van der Waals surface area contributed by atoms with Crippen LogP contribution in [0.25, 0.3) is 22.3 Å². The van der Waals surface area contributed by atoms with E-state index in [1.54, 1.807) is 18.2 Å². The molecule has 0 bridgehead atoms. The van der Waals surface area contributed by atoms with Crippen molar-refractivity contribution in [3.8, 4) is 11.3 Å². The van der Waals surface area contributed by atoms with Gasteiger partial charge in [-0.25, -0.2) is 19.2 Å². The van der Waals surface area contributed by atoms with Crippen molar-refractivity contribution in [2.75, 3.05) is 0 Å². The van der Waals surface area contributed by atoms with E-state index in [0.717, 1.165) is 0 Å². The number of aromatic carboxylic acids is 1. The van der Waals surface area contributed by atoms with E-state index >= 15 is 0 Å². The number of nitrogens with zero attached hydrogens (tertiary/aromatic N) is 2. The average molecular weight is 257 g/mol. The van der Waals surface area contributed by atoms with Crippen LogP contribution in [-0.2, 0) is 0 Å². The fourth-order valence-corrected chi connectivity index (χ4v) is 1.99. The number of H-pyrrole nitrogens is 1. The van der Waals surface area contributed by atoms with Gasteiger partial charge in [-0.2, -0.15) is 0 Å². The van der Waals surface area contributed by atoms with Crippen molar-refractivity contribution < 1.29 is 14.3 Å². The lowest BCUT2D eigenvalue weighted by Gasteiger charge is -2.04. The molecule has 3 aromatic rings. The first-order valence-electron chi connectivity index (χ1n) is 5.49. The van der Waals surface area contributed by atoms with Gasteiger partial charge in [0.1, 0.15) is 17.8 Å². The Balaban J connectivity index is 2.38. The molecule has 0 aliphatic heterocycles. The first-order chi connectivity index (χ1) is 9.18. The van der Waals surface area contributed by atoms with E-state index in [-0.39, 0.29) is 16.8 Å². The van der Waals surface area contributed by atoms with Crippen molar-refractivity contribution in [1.82, 2.24) is 15.0 Å². The van der Waals surface area contributed by atoms with Crippen LogP contribution in [0.15, 0.2) is 36.8 Å². The zero-order chi connectivity index (χ0) is 13.4. The molecule has 0 unspecified atom stereocenters. The third-order valence-corrected chi connectivity index (χ3v) is 2.83. The third kappa shape index (κ3) is 1.74. The number of benzene rings is 1. The highest BCUT2D eigenvalue weighted by molar-refractivity contribution is 6.07. The molecular weight excluding hydrogens is 249 g/mol. The number of hydrogen-bond donors (Lipinski definition) is 2. The number of carboxylic acids is 1. The quantitative estimate of drug-likeness (QED) is 0.739. The van der Waals surface area contributed by atoms with Gasteiger partial charge >= 0.3 is 5.97 Å². The van der Waals surface area contributed by atoms with Crippen LogP contribution in [0.3, 0.4) is 0 Å². The molecule has 6 heteroatoms. The van der Waals surface area contributed by atoms with E-state index < -0.39 is 11.8 Å². The molecule has 0 radical (unpaired) electrons. The number of hydrogen-bond acceptors (Lipinski definition) is 3. The molecular formula is C13H8FN3O2. The minimum absolute atomic E-state index is 0.0221. The Morgan fingerprint density at radius 2 is 2.05 bits per heavy atom. The second kappa shape index (κ2) is 4.16. The van der Waals surface area contributed by atoms with E-state index in [4.69, 9.17) is 5.11 Å². The van der Waals surface area contributed by atoms with Crippen molar-refractivity contribution in [2.45, 2.75) is 0 Å². The topological polar surface area (TPSA) is 78.9 Å². The van der Waals surface area contributed by atoms with Gasteiger partial charge in [0.05, 0.1) is 16.6 Å². The fraction of sp³-hybridized carbons (Fsp3) is 0. The zero-order valence-electron chi connectivity index (χ0n) is 9.59. The molecule has 0 spiro atoms. The Hall–Kier alpha value is -2.76. The molecule has 19 heavy (non-hydrogen) atoms. The number of rotatable bonds is 2. The number of aromatic nitrogens is 3. The maximum Gasteiger partial charge on any atom is 0.338 e. The Morgan fingerprint density at radius 3 is 2.79 bits per heavy atom. The van der Waals surface area contributed by atoms with Gasteiger partial charge in [-0.15, -0.1) is 0 Å². The number of nitrogens with one attached hydrogen (secondary N) is 1. The molecule has 0 saturated carbocycles. The van der Waals surface area contributed by atoms with Gasteiger partial charge in [-0.3, -0.25) is 0 Å². The summed E-state index contributed by atoms with van der Waals surface area (Å²) in [6.45, 7) is 0. The molecule has 2 heterocycles. The van der Waals surface area contributed by atoms with E-state index in [9.17, 15) is 9.18 Å². The molecule has 0 atom stereocenters. The van der Waals surface area contributed by atoms with Crippen LogP contribution in [0.1, 0.15) is 10.4 Å². The van der Waals surface area contributed by atoms with Crippen molar-refractivity contribution >= 4 is 17.0 Å². The largest absolute Gasteiger partial charge is 0.478 e. The summed E-state index contributed by atoms with van der Waals surface area (Å²) in [6, 6.07) is 6.08. The summed E-state index contributed by atoms with van der Waals surface area (Å²) < 4.78 is 13.8. The van der Waals surface area contributed by atoms with Crippen LogP contribution < -0.4 is 0 Å². The standard InChI is InChI=1S/C13H8FN3O2/c14-9-4-2-1-3-7(9)11-10-8(13(18)19)5-15-12(10)17-6-16-11/h1-6H,(H,18,19)(H,15,16,17). The number of fused-ring (bicyclic) bond motifs is 1. The zero-order valence-corrected chi connectivity index (χ0v) is 9.59. The number of halogens is 1. The van der Waals surface area contributed by atoms with E-state index in [2.05, 4.69) is 15.0 Å². The Kier molecular flexibility index (Phi) is 2.49. The highest BCUT2D eigenvalue weighted by Crippen LogP contribution is 2.29. The number of aromatic amines is 1. The molecule has 2 aromatic heterocycles. The van der Waals surface area contributed by atoms with Crippen LogP contribution in [0.5, 0.6) is 0 Å². The first kappa shape index (κ1) is 11.3. The summed E-state index contributed by atoms with van der Waals surface area (Å²) in [7, 11) is 0. The smallest absolute Gasteiger partial charge is 0.338 e. The third-order valence-electron chi connectivity index (χ3n) is 2.83. The predicted molar refractivity (Wildman–Crippen MR) is 66.2 cm³/mol. The van der Waals surface area contributed by atoms with Crippen LogP contribution in [0.4, 0.5) is 4.39 Å². The predicted octanol–water partition coefficient (Wildman–Crippen LogP) is 2.46. The Labute approximate surface area is 106 Å². The summed E-state index contributed by atoms with van der Waals surface area (Å²) >= 11 is 0. The second-order valence-corrected chi connectivity index (χ2v) is 3.93. The van der Waals surface area contributed by atoms with Crippen molar-refractivity contribution in [3.05, 3.63) is 48.2 Å². The molecule has 1 aromatic carbocycles. The van der Waals surface area contributed by atoms with E-state index in [1.165, 1.54) is 18.6 Å². The maximum absolute atomic E-state index is 13.8. The van der Waals surface area contributed by atoms with Gasteiger partial charge in [-0.05, 0) is 12.1 Å². The summed E-state index contributed by atoms with van der Waals surface area (Å²) in [5.74, 6) is -1.57. The Bertz CT molecular complexity index is 782. The SMILES string of the molecule is O=C(O)c1c[nH]c2ncnc(-c3ccccc3F)c12. The van der Waals surface area contributed by atoms with Crippen LogP contribution in [0, 0.1) is 5.82 Å². The molecule has 5 nitrogen and oxygen atoms in total. The van der Waals surface area contributed by atoms with Crippen molar-refractivity contribution in [1.29, 1.82) is 0 Å². The van der Waals surface area contributed by atoms with Gasteiger partial charge in [0.15, 0.2) is 0 Å². The van der Waals surface area contributed by atoms with Gasteiger partial charge < -0.3 is 10.1 Å². The molecule has 0 saturated heterocycles. The van der Waals surface area contributed by atoms with Gasteiger partial charge in [0.25, 0.3) is 0 Å². The number of carbonyl (C=O) groups is 1. The minimum Gasteiger partial charge on any atom is -0.478 e. The molecule has 0 fully saturated rings. The van der Waals surface area contributed by atoms with Gasteiger partial charge in [0, 0.05) is 11.8 Å². The van der Waals surface area contributed by atoms with Gasteiger partial charge in [0.2, 0.25) is 0 Å². The lowest BCUT2D eigenvalue weighted by Crippen LogP contribution is -1.97. The molecule has 0 aliphatic carbocycles. The summed E-state index contributed by atoms with van der Waals surface area (Å²) in [6.07, 6.45) is 2.60. The normalized spacial score (nSPS) is 10.8. The number of carboxylic acid groups (broad SMARTS) is 1. The highest BCUT2D eigenvalue weighted by atomic mass is 19.1. The average Bonchev–Trinajstić information content (AvgIpc) is 2.83. The van der Waals surface area contributed by atoms with E-state index in [1.807, 2.05) is 0 Å². The summed E-state index contributed by atoms with van der Waals surface area (Å²) in [5.41, 5.74) is 0.901.